The first kappa shape index (κ1) is 8.19. The second-order valence-corrected chi connectivity index (χ2v) is 2.92. The molecule has 0 aromatic carbocycles. The van der Waals surface area contributed by atoms with Crippen LogP contribution in [0, 0.1) is 5.82 Å². The van der Waals surface area contributed by atoms with Gasteiger partial charge in [-0.15, -0.1) is 0 Å². The maximum atomic E-state index is 13.0. The second kappa shape index (κ2) is 2.81. The first-order valence-corrected chi connectivity index (χ1v) is 3.88. The van der Waals surface area contributed by atoms with Crippen LogP contribution in [0.25, 0.3) is 10.9 Å². The Kier molecular flexibility index (Phi) is 1.77. The van der Waals surface area contributed by atoms with Gasteiger partial charge >= 0.3 is 0 Å². The van der Waals surface area contributed by atoms with Gasteiger partial charge in [0.1, 0.15) is 5.02 Å². The molecular weight excluding hydrogens is 195 g/mol. The van der Waals surface area contributed by atoms with Crippen LogP contribution in [-0.2, 0) is 0 Å². The van der Waals surface area contributed by atoms with Crippen molar-refractivity contribution in [2.24, 2.45) is 0 Å². The molecule has 0 aliphatic rings. The molecule has 0 aliphatic heterocycles. The zero-order valence-corrected chi connectivity index (χ0v) is 7.10. The van der Waals surface area contributed by atoms with Crippen molar-refractivity contribution in [3.05, 3.63) is 39.7 Å². The van der Waals surface area contributed by atoms with Crippen molar-refractivity contribution in [2.45, 2.75) is 0 Å². The van der Waals surface area contributed by atoms with Gasteiger partial charge in [0.05, 0.1) is 17.1 Å². The largest absolute Gasteiger partial charge is 0.357 e. The lowest BCUT2D eigenvalue weighted by Gasteiger charge is -1.97. The van der Waals surface area contributed by atoms with Crippen LogP contribution in [0.3, 0.4) is 0 Å². The lowest BCUT2D eigenvalue weighted by Crippen LogP contribution is -2.04. The lowest BCUT2D eigenvalue weighted by molar-refractivity contribution is 0.631. The Hall–Kier alpha value is -1.42. The van der Waals surface area contributed by atoms with Crippen LogP contribution in [-0.4, -0.2) is 9.97 Å². The SMILES string of the molecule is O=c1c(Cl)c[nH]c2c(F)cncc12. The topological polar surface area (TPSA) is 45.8 Å². The van der Waals surface area contributed by atoms with Gasteiger partial charge in [0.25, 0.3) is 0 Å². The van der Waals surface area contributed by atoms with Crippen molar-refractivity contribution in [1.29, 1.82) is 0 Å². The molecule has 2 heterocycles. The molecule has 0 bridgehead atoms. The van der Waals surface area contributed by atoms with Crippen LogP contribution >= 0.6 is 11.6 Å². The Morgan fingerprint density at radius 2 is 2.23 bits per heavy atom. The summed E-state index contributed by atoms with van der Waals surface area (Å²) in [4.78, 5) is 17.5. The second-order valence-electron chi connectivity index (χ2n) is 2.51. The summed E-state index contributed by atoms with van der Waals surface area (Å²) in [7, 11) is 0. The van der Waals surface area contributed by atoms with Crippen molar-refractivity contribution in [3.63, 3.8) is 0 Å². The van der Waals surface area contributed by atoms with Gasteiger partial charge in [0, 0.05) is 12.4 Å². The van der Waals surface area contributed by atoms with E-state index in [9.17, 15) is 9.18 Å². The summed E-state index contributed by atoms with van der Waals surface area (Å²) in [5, 5.41) is 0.187. The van der Waals surface area contributed by atoms with Gasteiger partial charge in [-0.2, -0.15) is 0 Å². The molecule has 0 spiro atoms. The number of hydrogen-bond donors (Lipinski definition) is 1. The minimum absolute atomic E-state index is 0.0277. The van der Waals surface area contributed by atoms with Crippen LogP contribution in [0.2, 0.25) is 5.02 Å². The molecular formula is C8H4ClFN2O. The number of nitrogens with one attached hydrogen (secondary N) is 1. The third-order valence-electron chi connectivity index (χ3n) is 1.70. The van der Waals surface area contributed by atoms with E-state index < -0.39 is 11.2 Å². The highest BCUT2D eigenvalue weighted by Gasteiger charge is 2.06. The summed E-state index contributed by atoms with van der Waals surface area (Å²) in [6.45, 7) is 0. The molecule has 5 heteroatoms. The normalized spacial score (nSPS) is 10.6. The van der Waals surface area contributed by atoms with Crippen LogP contribution in [0.15, 0.2) is 23.4 Å². The maximum Gasteiger partial charge on any atom is 0.209 e. The van der Waals surface area contributed by atoms with Crippen molar-refractivity contribution in [2.75, 3.05) is 0 Å². The fraction of sp³-hybridized carbons (Fsp3) is 0. The average Bonchev–Trinajstić information content (AvgIpc) is 2.12. The first-order valence-electron chi connectivity index (χ1n) is 3.50. The number of pyridine rings is 2. The average molecular weight is 199 g/mol. The summed E-state index contributed by atoms with van der Waals surface area (Å²) in [6.07, 6.45) is 3.57. The number of nitrogens with zero attached hydrogens (tertiary/aromatic N) is 1. The van der Waals surface area contributed by atoms with Crippen molar-refractivity contribution >= 4 is 22.5 Å². The van der Waals surface area contributed by atoms with Gasteiger partial charge in [0.2, 0.25) is 5.43 Å². The molecule has 0 atom stereocenters. The quantitative estimate of drug-likeness (QED) is 0.701. The standard InChI is InChI=1S/C8H4ClFN2O/c9-5-2-12-7-4(8(5)13)1-11-3-6(7)10/h1-3H,(H,12,13). The predicted octanol–water partition coefficient (Wildman–Crippen LogP) is 1.72. The molecule has 1 N–H and O–H groups in total. The van der Waals surface area contributed by atoms with Gasteiger partial charge in [-0.3, -0.25) is 9.78 Å². The molecule has 2 aromatic heterocycles. The molecule has 0 aliphatic carbocycles. The maximum absolute atomic E-state index is 13.0. The Bertz CT molecular complexity index is 523. The molecule has 0 amide bonds. The highest BCUT2D eigenvalue weighted by molar-refractivity contribution is 6.30. The first-order chi connectivity index (χ1) is 6.20. The molecule has 2 aromatic rings. The van der Waals surface area contributed by atoms with Gasteiger partial charge in [-0.1, -0.05) is 11.6 Å². The monoisotopic (exact) mass is 198 g/mol. The van der Waals surface area contributed by atoms with E-state index in [4.69, 9.17) is 11.6 Å². The molecule has 0 saturated heterocycles. The molecule has 0 unspecified atom stereocenters. The number of H-pyrrole nitrogens is 1. The third kappa shape index (κ3) is 1.19. The van der Waals surface area contributed by atoms with Gasteiger partial charge in [-0.05, 0) is 0 Å². The lowest BCUT2D eigenvalue weighted by atomic mass is 10.2. The number of hydrogen-bond acceptors (Lipinski definition) is 2. The Morgan fingerprint density at radius 3 is 3.00 bits per heavy atom. The number of fused-ring (bicyclic) bond motifs is 1. The number of rotatable bonds is 0. The number of halogens is 2. The smallest absolute Gasteiger partial charge is 0.209 e. The molecule has 13 heavy (non-hydrogen) atoms. The van der Waals surface area contributed by atoms with Gasteiger partial charge in [0.15, 0.2) is 5.82 Å². The highest BCUT2D eigenvalue weighted by atomic mass is 35.5. The minimum Gasteiger partial charge on any atom is -0.357 e. The van der Waals surface area contributed by atoms with Crippen molar-refractivity contribution in [3.8, 4) is 0 Å². The third-order valence-corrected chi connectivity index (χ3v) is 1.99. The van der Waals surface area contributed by atoms with Crippen LogP contribution in [0.1, 0.15) is 0 Å². The Morgan fingerprint density at radius 1 is 1.46 bits per heavy atom. The Balaban J connectivity index is 3.03. The van der Waals surface area contributed by atoms with E-state index in [0.29, 0.717) is 0 Å². The molecule has 2 rings (SSSR count). The molecule has 0 saturated carbocycles. The molecule has 0 fully saturated rings. The van der Waals surface area contributed by atoms with Crippen LogP contribution < -0.4 is 5.43 Å². The van der Waals surface area contributed by atoms with E-state index in [1.165, 1.54) is 12.4 Å². The molecule has 0 radical (unpaired) electrons. The van der Waals surface area contributed by atoms with Crippen molar-refractivity contribution < 1.29 is 4.39 Å². The van der Waals surface area contributed by atoms with E-state index in [1.54, 1.807) is 0 Å². The van der Waals surface area contributed by atoms with Crippen LogP contribution in [0.5, 0.6) is 0 Å². The van der Waals surface area contributed by atoms with Crippen molar-refractivity contribution in [1.82, 2.24) is 9.97 Å². The molecule has 3 nitrogen and oxygen atoms in total. The summed E-state index contributed by atoms with van der Waals surface area (Å²) in [5.74, 6) is -0.564. The fourth-order valence-electron chi connectivity index (χ4n) is 1.08. The Labute approximate surface area is 77.2 Å². The van der Waals surface area contributed by atoms with E-state index in [0.717, 1.165) is 6.20 Å². The van der Waals surface area contributed by atoms with E-state index in [-0.39, 0.29) is 15.9 Å². The zero-order chi connectivity index (χ0) is 9.42. The summed E-state index contributed by atoms with van der Waals surface area (Å²) < 4.78 is 13.0. The summed E-state index contributed by atoms with van der Waals surface area (Å²) >= 11 is 5.55. The van der Waals surface area contributed by atoms with E-state index >= 15 is 0 Å². The van der Waals surface area contributed by atoms with Gasteiger partial charge in [-0.25, -0.2) is 4.39 Å². The van der Waals surface area contributed by atoms with E-state index in [1.807, 2.05) is 0 Å². The minimum atomic E-state index is -0.564. The zero-order valence-electron chi connectivity index (χ0n) is 6.34. The highest BCUT2D eigenvalue weighted by Crippen LogP contribution is 2.11. The van der Waals surface area contributed by atoms with Crippen LogP contribution in [0.4, 0.5) is 4.39 Å². The van der Waals surface area contributed by atoms with E-state index in [2.05, 4.69) is 9.97 Å². The van der Waals surface area contributed by atoms with Gasteiger partial charge < -0.3 is 4.98 Å². The fourth-order valence-corrected chi connectivity index (χ4v) is 1.24. The summed E-state index contributed by atoms with van der Waals surface area (Å²) in [5.41, 5.74) is -0.285. The predicted molar refractivity (Wildman–Crippen MR) is 47.3 cm³/mol. The number of aromatic nitrogens is 2. The number of aromatic amines is 1. The summed E-state index contributed by atoms with van der Waals surface area (Å²) in [6, 6.07) is 0. The molecule has 66 valence electrons.